The predicted octanol–water partition coefficient (Wildman–Crippen LogP) is 5.39. The number of nitrogens with one attached hydrogen (secondary N) is 2. The number of piperidine rings is 1. The van der Waals surface area contributed by atoms with Gasteiger partial charge in [-0.2, -0.15) is 0 Å². The second-order valence-corrected chi connectivity index (χ2v) is 12.0. The van der Waals surface area contributed by atoms with Gasteiger partial charge in [-0.15, -0.1) is 0 Å². The number of hydrogen-bond acceptors (Lipinski definition) is 8. The fraction of sp³-hybridized carbons (Fsp3) is 0.697. The van der Waals surface area contributed by atoms with Crippen LogP contribution in [0.2, 0.25) is 0 Å². The summed E-state index contributed by atoms with van der Waals surface area (Å²) in [5, 5.41) is 12.3. The lowest BCUT2D eigenvalue weighted by molar-refractivity contribution is -0.203. The topological polar surface area (TPSA) is 77.0 Å². The molecular weight excluding hydrogens is 550 g/mol. The number of hydrogen-bond donors (Lipinski definition) is 2. The van der Waals surface area contributed by atoms with Crippen LogP contribution >= 0.6 is 0 Å². The van der Waals surface area contributed by atoms with Crippen molar-refractivity contribution >= 4 is 17.2 Å². The van der Waals surface area contributed by atoms with Crippen LogP contribution in [0.25, 0.3) is 0 Å². The smallest absolute Gasteiger partial charge is 0.280 e. The Morgan fingerprint density at radius 1 is 1.14 bits per heavy atom. The lowest BCUT2D eigenvalue weighted by Crippen LogP contribution is -2.63. The summed E-state index contributed by atoms with van der Waals surface area (Å²) < 4.78 is 41.0. The van der Waals surface area contributed by atoms with Crippen molar-refractivity contribution in [2.24, 2.45) is 0 Å². The van der Waals surface area contributed by atoms with Gasteiger partial charge in [0, 0.05) is 81.3 Å². The molecule has 0 aliphatic carbocycles. The van der Waals surface area contributed by atoms with Gasteiger partial charge in [0.1, 0.15) is 17.1 Å². The standard InChI is InChI=1S/C30H42F2N6O2.C2H6.CH4/c1-4-6-22-23(38-16-21(17-38)36-13-9-34-10-14-36)15-24(35-26(22)28(31)32)37-11-7-29(8-12-37)25(20(3)5-2)27(33)30(40-29)18-39-19-30;1-2;/h5,15,21,28,33-34H,2,4,6-14,16-19H2,1,3H3;1-2H3;1H4/b25-20+,33-27?;;. The summed E-state index contributed by atoms with van der Waals surface area (Å²) in [5.41, 5.74) is 2.67. The van der Waals surface area contributed by atoms with E-state index in [1.807, 2.05) is 33.8 Å². The molecule has 5 fully saturated rings. The Labute approximate surface area is 257 Å². The van der Waals surface area contributed by atoms with Crippen molar-refractivity contribution < 1.29 is 18.3 Å². The average Bonchev–Trinajstić information content (AvgIpc) is 3.22. The Balaban J connectivity index is 0.00000138. The monoisotopic (exact) mass is 602 g/mol. The van der Waals surface area contributed by atoms with Gasteiger partial charge in [0.15, 0.2) is 5.60 Å². The van der Waals surface area contributed by atoms with Gasteiger partial charge in [-0.05, 0) is 31.8 Å². The highest BCUT2D eigenvalue weighted by molar-refractivity contribution is 6.09. The number of ether oxygens (including phenoxy) is 2. The maximum absolute atomic E-state index is 14.4. The number of alkyl halides is 2. The maximum atomic E-state index is 14.4. The molecule has 5 aliphatic heterocycles. The molecule has 0 saturated carbocycles. The van der Waals surface area contributed by atoms with Crippen molar-refractivity contribution in [1.29, 1.82) is 5.41 Å². The van der Waals surface area contributed by atoms with Gasteiger partial charge in [-0.3, -0.25) is 4.90 Å². The second kappa shape index (κ2) is 13.7. The average molecular weight is 603 g/mol. The minimum Gasteiger partial charge on any atom is -0.374 e. The molecule has 6 heterocycles. The molecule has 240 valence electrons. The largest absolute Gasteiger partial charge is 0.374 e. The molecule has 0 unspecified atom stereocenters. The second-order valence-electron chi connectivity index (χ2n) is 12.0. The van der Waals surface area contributed by atoms with E-state index in [0.29, 0.717) is 68.7 Å². The highest BCUT2D eigenvalue weighted by atomic mass is 19.3. The minimum absolute atomic E-state index is 0. The molecule has 0 aromatic carbocycles. The van der Waals surface area contributed by atoms with Crippen LogP contribution in [0, 0.1) is 5.41 Å². The third-order valence-electron chi connectivity index (χ3n) is 9.51. The zero-order chi connectivity index (χ0) is 30.1. The Hall–Kier alpha value is -2.40. The van der Waals surface area contributed by atoms with E-state index >= 15 is 0 Å². The van der Waals surface area contributed by atoms with Gasteiger partial charge in [-0.1, -0.05) is 47.3 Å². The van der Waals surface area contributed by atoms with E-state index in [1.165, 1.54) is 0 Å². The van der Waals surface area contributed by atoms with E-state index in [1.54, 1.807) is 6.08 Å². The molecule has 5 saturated heterocycles. The number of rotatable bonds is 7. The van der Waals surface area contributed by atoms with Crippen molar-refractivity contribution in [2.75, 3.05) is 75.4 Å². The lowest BCUT2D eigenvalue weighted by Gasteiger charge is -2.49. The van der Waals surface area contributed by atoms with Crippen molar-refractivity contribution in [2.45, 2.75) is 84.5 Å². The van der Waals surface area contributed by atoms with E-state index in [9.17, 15) is 8.78 Å². The first-order valence-electron chi connectivity index (χ1n) is 15.8. The molecule has 0 atom stereocenters. The van der Waals surface area contributed by atoms with Crippen LogP contribution in [-0.2, 0) is 15.9 Å². The molecule has 1 aromatic rings. The fourth-order valence-corrected chi connectivity index (χ4v) is 7.15. The first kappa shape index (κ1) is 33.5. The van der Waals surface area contributed by atoms with Gasteiger partial charge in [-0.25, -0.2) is 13.8 Å². The van der Waals surface area contributed by atoms with Gasteiger partial charge in [0.05, 0.1) is 18.9 Å². The van der Waals surface area contributed by atoms with E-state index in [4.69, 9.17) is 14.9 Å². The summed E-state index contributed by atoms with van der Waals surface area (Å²) in [6.07, 6.45) is 1.88. The zero-order valence-corrected chi connectivity index (χ0v) is 25.8. The van der Waals surface area contributed by atoms with E-state index in [-0.39, 0.29) is 13.1 Å². The number of halogens is 2. The molecule has 43 heavy (non-hydrogen) atoms. The van der Waals surface area contributed by atoms with Crippen LogP contribution in [-0.4, -0.2) is 98.4 Å². The molecular formula is C33H52F2N6O2. The number of piperazine rings is 1. The zero-order valence-electron chi connectivity index (χ0n) is 25.8. The van der Waals surface area contributed by atoms with Gasteiger partial charge >= 0.3 is 0 Å². The molecule has 2 N–H and O–H groups in total. The van der Waals surface area contributed by atoms with Gasteiger partial charge < -0.3 is 30.0 Å². The number of allylic oxidation sites excluding steroid dienone is 2. The molecule has 5 aliphatic rings. The van der Waals surface area contributed by atoms with Gasteiger partial charge in [0.2, 0.25) is 0 Å². The van der Waals surface area contributed by atoms with Crippen LogP contribution < -0.4 is 15.1 Å². The summed E-state index contributed by atoms with van der Waals surface area (Å²) >= 11 is 0. The highest BCUT2D eigenvalue weighted by Crippen LogP contribution is 2.50. The number of pyridine rings is 1. The maximum Gasteiger partial charge on any atom is 0.280 e. The molecule has 0 bridgehead atoms. The Morgan fingerprint density at radius 2 is 1.79 bits per heavy atom. The van der Waals surface area contributed by atoms with Crippen LogP contribution in [0.5, 0.6) is 0 Å². The number of aromatic nitrogens is 1. The molecule has 0 radical (unpaired) electrons. The molecule has 2 spiro atoms. The van der Waals surface area contributed by atoms with Crippen molar-refractivity contribution in [3.05, 3.63) is 41.1 Å². The fourth-order valence-electron chi connectivity index (χ4n) is 7.15. The predicted molar refractivity (Wildman–Crippen MR) is 171 cm³/mol. The summed E-state index contributed by atoms with van der Waals surface area (Å²) in [7, 11) is 0. The Bertz CT molecular complexity index is 1180. The first-order chi connectivity index (χ1) is 20.3. The summed E-state index contributed by atoms with van der Waals surface area (Å²) in [6.45, 7) is 19.8. The SMILES string of the molecule is C.C=C/C(C)=C1\C(=N)C2(COC2)OC12CCN(c1cc(N3CC(N4CCNCC4)C3)c(CCC)c(C(F)F)n1)CC2.CC. The van der Waals surface area contributed by atoms with Crippen LogP contribution in [0.15, 0.2) is 29.9 Å². The molecule has 6 rings (SSSR count). The van der Waals surface area contributed by atoms with Crippen LogP contribution in [0.4, 0.5) is 20.3 Å². The molecule has 1 aromatic heterocycles. The number of anilines is 2. The van der Waals surface area contributed by atoms with Crippen molar-refractivity contribution in [3.8, 4) is 0 Å². The number of nitrogens with zero attached hydrogens (tertiary/aromatic N) is 4. The minimum atomic E-state index is -2.62. The highest BCUT2D eigenvalue weighted by Gasteiger charge is 2.61. The molecule has 0 amide bonds. The summed E-state index contributed by atoms with van der Waals surface area (Å²) in [6, 6.07) is 2.52. The molecule has 8 nitrogen and oxygen atoms in total. The van der Waals surface area contributed by atoms with Crippen LogP contribution in [0.1, 0.15) is 72.1 Å². The van der Waals surface area contributed by atoms with Gasteiger partial charge in [0.25, 0.3) is 6.43 Å². The molecule has 10 heteroatoms. The van der Waals surface area contributed by atoms with Crippen molar-refractivity contribution in [1.82, 2.24) is 15.2 Å². The summed E-state index contributed by atoms with van der Waals surface area (Å²) in [4.78, 5) is 11.5. The third kappa shape index (κ3) is 6.00. The normalized spacial score (nSPS) is 24.3. The van der Waals surface area contributed by atoms with E-state index in [2.05, 4.69) is 31.6 Å². The van der Waals surface area contributed by atoms with Crippen LogP contribution in [0.3, 0.4) is 0 Å². The first-order valence-corrected chi connectivity index (χ1v) is 15.8. The Morgan fingerprint density at radius 3 is 2.33 bits per heavy atom. The van der Waals surface area contributed by atoms with E-state index < -0.39 is 17.6 Å². The van der Waals surface area contributed by atoms with Crippen molar-refractivity contribution in [3.63, 3.8) is 0 Å². The lowest BCUT2D eigenvalue weighted by atomic mass is 9.79. The summed E-state index contributed by atoms with van der Waals surface area (Å²) in [5.74, 6) is 0.617. The Kier molecular flexibility index (Phi) is 10.7. The third-order valence-corrected chi connectivity index (χ3v) is 9.51. The van der Waals surface area contributed by atoms with E-state index in [0.717, 1.165) is 62.5 Å². The quantitative estimate of drug-likeness (QED) is 0.434.